The summed E-state index contributed by atoms with van der Waals surface area (Å²) >= 11 is 0. The molecule has 0 fully saturated rings. The molecule has 0 radical (unpaired) electrons. The number of carbonyl (C=O) groups excluding carboxylic acids is 2. The second-order valence-electron chi connectivity index (χ2n) is 8.50. The molecular formula is C28H26FN3O4. The van der Waals surface area contributed by atoms with Crippen LogP contribution in [0.25, 0.3) is 5.69 Å². The average molecular weight is 488 g/mol. The van der Waals surface area contributed by atoms with Gasteiger partial charge in [-0.1, -0.05) is 60.7 Å². The molecule has 3 aromatic carbocycles. The van der Waals surface area contributed by atoms with Crippen molar-refractivity contribution in [2.24, 2.45) is 0 Å². The van der Waals surface area contributed by atoms with Crippen LogP contribution in [0.15, 0.2) is 84.9 Å². The predicted octanol–water partition coefficient (Wildman–Crippen LogP) is 4.57. The molecule has 0 spiro atoms. The molecule has 8 heteroatoms. The minimum atomic E-state index is -0.722. The molecule has 4 aromatic rings. The first-order valence-electron chi connectivity index (χ1n) is 11.3. The van der Waals surface area contributed by atoms with Crippen molar-refractivity contribution in [1.82, 2.24) is 14.4 Å². The first-order valence-corrected chi connectivity index (χ1v) is 11.3. The van der Waals surface area contributed by atoms with Gasteiger partial charge in [0.15, 0.2) is 22.9 Å². The first kappa shape index (κ1) is 24.5. The van der Waals surface area contributed by atoms with Crippen molar-refractivity contribution in [2.45, 2.75) is 13.1 Å². The van der Waals surface area contributed by atoms with E-state index >= 15 is 0 Å². The fourth-order valence-electron chi connectivity index (χ4n) is 4.01. The fraction of sp³-hybridized carbons (Fsp3) is 0.143. The number of hydrogen-bond acceptors (Lipinski definition) is 4. The van der Waals surface area contributed by atoms with Crippen molar-refractivity contribution in [3.05, 3.63) is 113 Å². The molecule has 7 nitrogen and oxygen atoms in total. The summed E-state index contributed by atoms with van der Waals surface area (Å²) in [6.45, 7) is 0.456. The van der Waals surface area contributed by atoms with Gasteiger partial charge in [-0.15, -0.1) is 0 Å². The zero-order chi connectivity index (χ0) is 25.8. The van der Waals surface area contributed by atoms with Crippen LogP contribution in [0, 0.1) is 5.82 Å². The molecule has 1 heterocycles. The van der Waals surface area contributed by atoms with Crippen molar-refractivity contribution in [3.63, 3.8) is 0 Å². The molecule has 184 valence electrons. The van der Waals surface area contributed by atoms with Gasteiger partial charge in [0.2, 0.25) is 0 Å². The Hall–Kier alpha value is -4.59. The summed E-state index contributed by atoms with van der Waals surface area (Å²) in [5, 5.41) is 21.7. The van der Waals surface area contributed by atoms with Gasteiger partial charge in [-0.3, -0.25) is 14.2 Å². The fourth-order valence-corrected chi connectivity index (χ4v) is 4.01. The molecule has 0 saturated carbocycles. The standard InChI is InChI=1S/C28H26FN3O4/c1-30(17-19-9-5-3-6-10-19)27(35)23-25(33)26(34)24(32(23)22-15-13-21(29)14-16-22)28(36)31(2)18-20-11-7-4-8-12-20/h3-16,33-34H,17-18H2,1-2H3. The third kappa shape index (κ3) is 4.93. The summed E-state index contributed by atoms with van der Waals surface area (Å²) in [7, 11) is 3.10. The second-order valence-corrected chi connectivity index (χ2v) is 8.50. The van der Waals surface area contributed by atoms with E-state index in [0.717, 1.165) is 11.1 Å². The molecule has 0 aliphatic rings. The summed E-state index contributed by atoms with van der Waals surface area (Å²) in [5.41, 5.74) is 1.36. The zero-order valence-electron chi connectivity index (χ0n) is 19.9. The van der Waals surface area contributed by atoms with Gasteiger partial charge in [-0.25, -0.2) is 4.39 Å². The smallest absolute Gasteiger partial charge is 0.274 e. The number of halogens is 1. The maximum absolute atomic E-state index is 13.7. The monoisotopic (exact) mass is 487 g/mol. The molecule has 4 rings (SSSR count). The van der Waals surface area contributed by atoms with E-state index in [1.807, 2.05) is 60.7 Å². The molecule has 2 amide bonds. The Morgan fingerprint density at radius 1 is 0.694 bits per heavy atom. The summed E-state index contributed by atoms with van der Waals surface area (Å²) in [4.78, 5) is 29.8. The Morgan fingerprint density at radius 3 is 1.47 bits per heavy atom. The highest BCUT2D eigenvalue weighted by Gasteiger charge is 2.34. The molecule has 0 bridgehead atoms. The summed E-state index contributed by atoms with van der Waals surface area (Å²) < 4.78 is 14.9. The lowest BCUT2D eigenvalue weighted by atomic mass is 10.2. The van der Waals surface area contributed by atoms with Crippen LogP contribution in [0.3, 0.4) is 0 Å². The van der Waals surface area contributed by atoms with Gasteiger partial charge in [-0.05, 0) is 35.4 Å². The maximum Gasteiger partial charge on any atom is 0.274 e. The number of benzene rings is 3. The molecule has 36 heavy (non-hydrogen) atoms. The van der Waals surface area contributed by atoms with E-state index in [2.05, 4.69) is 0 Å². The molecule has 0 aliphatic carbocycles. The Labute approximate surface area is 208 Å². The van der Waals surface area contributed by atoms with Crippen molar-refractivity contribution in [1.29, 1.82) is 0 Å². The van der Waals surface area contributed by atoms with Crippen LogP contribution in [0.4, 0.5) is 4.39 Å². The first-order chi connectivity index (χ1) is 17.3. The second kappa shape index (κ2) is 10.4. The topological polar surface area (TPSA) is 86.0 Å². The SMILES string of the molecule is CN(Cc1ccccc1)C(=O)c1c(O)c(O)c(C(=O)N(C)Cc2ccccc2)n1-c1ccc(F)cc1. The van der Waals surface area contributed by atoms with Gasteiger partial charge in [0.1, 0.15) is 5.82 Å². The molecule has 0 saturated heterocycles. The van der Waals surface area contributed by atoms with Crippen LogP contribution in [0.2, 0.25) is 0 Å². The molecule has 0 atom stereocenters. The van der Waals surface area contributed by atoms with E-state index in [9.17, 15) is 24.2 Å². The number of aromatic nitrogens is 1. The molecule has 1 aromatic heterocycles. The van der Waals surface area contributed by atoms with E-state index in [1.54, 1.807) is 14.1 Å². The van der Waals surface area contributed by atoms with Crippen LogP contribution in [0.1, 0.15) is 32.1 Å². The predicted molar refractivity (Wildman–Crippen MR) is 134 cm³/mol. The van der Waals surface area contributed by atoms with Gasteiger partial charge >= 0.3 is 0 Å². The lowest BCUT2D eigenvalue weighted by Gasteiger charge is -2.21. The lowest BCUT2D eigenvalue weighted by molar-refractivity contribution is 0.0768. The Kier molecular flexibility index (Phi) is 7.05. The largest absolute Gasteiger partial charge is 0.503 e. The zero-order valence-corrected chi connectivity index (χ0v) is 19.9. The van der Waals surface area contributed by atoms with Crippen molar-refractivity contribution >= 4 is 11.8 Å². The molecule has 2 N–H and O–H groups in total. The van der Waals surface area contributed by atoms with Crippen LogP contribution in [-0.2, 0) is 13.1 Å². The molecule has 0 unspecified atom stereocenters. The number of amides is 2. The maximum atomic E-state index is 13.7. The van der Waals surface area contributed by atoms with Crippen molar-refractivity contribution in [3.8, 4) is 17.2 Å². The minimum Gasteiger partial charge on any atom is -0.503 e. The third-order valence-corrected chi connectivity index (χ3v) is 5.83. The van der Waals surface area contributed by atoms with E-state index in [0.29, 0.717) is 0 Å². The van der Waals surface area contributed by atoms with Gasteiger partial charge in [0.05, 0.1) is 0 Å². The number of aromatic hydroxyl groups is 2. The van der Waals surface area contributed by atoms with Gasteiger partial charge in [-0.2, -0.15) is 0 Å². The van der Waals surface area contributed by atoms with Crippen LogP contribution in [0.5, 0.6) is 11.5 Å². The summed E-state index contributed by atoms with van der Waals surface area (Å²) in [5.74, 6) is -3.20. The number of carbonyl (C=O) groups is 2. The van der Waals surface area contributed by atoms with Crippen LogP contribution in [-0.4, -0.2) is 50.5 Å². The van der Waals surface area contributed by atoms with E-state index in [-0.39, 0.29) is 30.2 Å². The Bertz CT molecular complexity index is 1290. The van der Waals surface area contributed by atoms with E-state index in [4.69, 9.17) is 0 Å². The molecular weight excluding hydrogens is 461 g/mol. The Balaban J connectivity index is 1.79. The number of nitrogens with zero attached hydrogens (tertiary/aromatic N) is 3. The highest BCUT2D eigenvalue weighted by Crippen LogP contribution is 2.39. The van der Waals surface area contributed by atoms with Gasteiger partial charge in [0, 0.05) is 32.9 Å². The van der Waals surface area contributed by atoms with Crippen molar-refractivity contribution < 1.29 is 24.2 Å². The average Bonchev–Trinajstić information content (AvgIpc) is 3.14. The normalized spacial score (nSPS) is 10.8. The minimum absolute atomic E-state index is 0.228. The lowest BCUT2D eigenvalue weighted by Crippen LogP contribution is -2.31. The van der Waals surface area contributed by atoms with Gasteiger partial charge < -0.3 is 20.0 Å². The van der Waals surface area contributed by atoms with Gasteiger partial charge in [0.25, 0.3) is 11.8 Å². The third-order valence-electron chi connectivity index (χ3n) is 5.83. The highest BCUT2D eigenvalue weighted by atomic mass is 19.1. The highest BCUT2D eigenvalue weighted by molar-refractivity contribution is 6.04. The quantitative estimate of drug-likeness (QED) is 0.400. The summed E-state index contributed by atoms with van der Waals surface area (Å²) in [6, 6.07) is 23.6. The molecule has 0 aliphatic heterocycles. The number of rotatable bonds is 7. The van der Waals surface area contributed by atoms with E-state index < -0.39 is 29.1 Å². The van der Waals surface area contributed by atoms with Crippen molar-refractivity contribution in [2.75, 3.05) is 14.1 Å². The van der Waals surface area contributed by atoms with E-state index in [1.165, 1.54) is 38.6 Å². The Morgan fingerprint density at radius 2 is 1.08 bits per heavy atom. The van der Waals surface area contributed by atoms with Crippen LogP contribution >= 0.6 is 0 Å². The van der Waals surface area contributed by atoms with Crippen LogP contribution < -0.4 is 0 Å². The summed E-state index contributed by atoms with van der Waals surface area (Å²) in [6.07, 6.45) is 0. The number of hydrogen-bond donors (Lipinski definition) is 2.